The number of halogens is 1. The van der Waals surface area contributed by atoms with E-state index in [1.165, 1.54) is 59.5 Å². The van der Waals surface area contributed by atoms with E-state index in [9.17, 15) is 32.5 Å². The molecule has 0 spiro atoms. The van der Waals surface area contributed by atoms with Gasteiger partial charge in [0.1, 0.15) is 18.4 Å². The summed E-state index contributed by atoms with van der Waals surface area (Å²) in [6, 6.07) is 25.6. The molecular weight excluding hydrogens is 599 g/mol. The number of nitro benzene ring substituents is 1. The van der Waals surface area contributed by atoms with Crippen LogP contribution >= 0.6 is 0 Å². The second-order valence-corrected chi connectivity index (χ2v) is 12.4. The molecule has 4 aromatic rings. The predicted octanol–water partition coefficient (Wildman–Crippen LogP) is 5.09. The minimum absolute atomic E-state index is 0.00474. The minimum atomic E-state index is -4.38. The number of nitrogens with zero attached hydrogens (tertiary/aromatic N) is 3. The SMILES string of the molecule is CC(C)NC(=O)[C@H](Cc1ccccc1)N(Cc1ccccc1F)C(=O)CN(c1ccc([N+](=O)[O-])cc1)S(=O)(=O)c1ccccc1. The van der Waals surface area contributed by atoms with Gasteiger partial charge in [-0.25, -0.2) is 12.8 Å². The Morgan fingerprint density at radius 3 is 2.02 bits per heavy atom. The molecule has 12 heteroatoms. The maximum Gasteiger partial charge on any atom is 0.269 e. The van der Waals surface area contributed by atoms with Crippen LogP contribution in [0.1, 0.15) is 25.0 Å². The highest BCUT2D eigenvalue weighted by molar-refractivity contribution is 7.92. The third-order valence-electron chi connectivity index (χ3n) is 6.96. The first-order valence-corrected chi connectivity index (χ1v) is 15.6. The minimum Gasteiger partial charge on any atom is -0.352 e. The standard InChI is InChI=1S/C33H33FN4O6S/c1-24(2)35-33(40)31(21-25-11-5-3-6-12-25)36(22-26-13-9-10-16-30(26)34)32(39)23-37(27-17-19-28(20-18-27)38(41)42)45(43,44)29-14-7-4-8-15-29/h3-20,24,31H,21-23H2,1-2H3,(H,35,40)/t31-/m0/s1. The summed E-state index contributed by atoms with van der Waals surface area (Å²) in [5.74, 6) is -1.87. The third kappa shape index (κ3) is 8.30. The first-order chi connectivity index (χ1) is 21.5. The maximum absolute atomic E-state index is 15.0. The van der Waals surface area contributed by atoms with E-state index >= 15 is 0 Å². The lowest BCUT2D eigenvalue weighted by molar-refractivity contribution is -0.384. The Hall–Kier alpha value is -5.10. The molecule has 0 aliphatic heterocycles. The second-order valence-electron chi connectivity index (χ2n) is 10.6. The zero-order valence-corrected chi connectivity index (χ0v) is 25.6. The molecule has 4 aromatic carbocycles. The number of nitro groups is 1. The summed E-state index contributed by atoms with van der Waals surface area (Å²) in [4.78, 5) is 39.7. The molecule has 0 heterocycles. The lowest BCUT2D eigenvalue weighted by atomic mass is 10.0. The van der Waals surface area contributed by atoms with Gasteiger partial charge in [0.05, 0.1) is 15.5 Å². The number of hydrogen-bond donors (Lipinski definition) is 1. The Labute approximate surface area is 261 Å². The summed E-state index contributed by atoms with van der Waals surface area (Å²) in [6.45, 7) is 2.43. The number of sulfonamides is 1. The van der Waals surface area contributed by atoms with Crippen molar-refractivity contribution in [1.29, 1.82) is 0 Å². The van der Waals surface area contributed by atoms with Crippen molar-refractivity contribution in [3.05, 3.63) is 136 Å². The normalized spacial score (nSPS) is 11.9. The summed E-state index contributed by atoms with van der Waals surface area (Å²) >= 11 is 0. The molecule has 0 radical (unpaired) electrons. The number of amides is 2. The fourth-order valence-electron chi connectivity index (χ4n) is 4.73. The predicted molar refractivity (Wildman–Crippen MR) is 168 cm³/mol. The van der Waals surface area contributed by atoms with Gasteiger partial charge >= 0.3 is 0 Å². The number of nitrogens with one attached hydrogen (secondary N) is 1. The largest absolute Gasteiger partial charge is 0.352 e. The van der Waals surface area contributed by atoms with E-state index in [0.717, 1.165) is 22.0 Å². The van der Waals surface area contributed by atoms with Crippen molar-refractivity contribution in [2.24, 2.45) is 0 Å². The second kappa shape index (κ2) is 14.6. The Morgan fingerprint density at radius 1 is 0.867 bits per heavy atom. The van der Waals surface area contributed by atoms with Crippen LogP contribution in [0.4, 0.5) is 15.8 Å². The molecule has 0 aromatic heterocycles. The van der Waals surface area contributed by atoms with E-state index < -0.39 is 45.2 Å². The van der Waals surface area contributed by atoms with Crippen LogP contribution < -0.4 is 9.62 Å². The molecule has 0 aliphatic carbocycles. The molecule has 1 atom stereocenters. The molecule has 2 amide bonds. The number of benzene rings is 4. The van der Waals surface area contributed by atoms with Gasteiger partial charge in [-0.2, -0.15) is 0 Å². The Bertz CT molecular complexity index is 1740. The highest BCUT2D eigenvalue weighted by Crippen LogP contribution is 2.27. The van der Waals surface area contributed by atoms with E-state index in [1.54, 1.807) is 50.2 Å². The van der Waals surface area contributed by atoms with Gasteiger partial charge in [0.25, 0.3) is 15.7 Å². The van der Waals surface area contributed by atoms with Crippen LogP contribution in [0.5, 0.6) is 0 Å². The van der Waals surface area contributed by atoms with Crippen molar-refractivity contribution in [3.63, 3.8) is 0 Å². The van der Waals surface area contributed by atoms with Crippen molar-refractivity contribution < 1.29 is 27.3 Å². The summed E-state index contributed by atoms with van der Waals surface area (Å²) in [6.07, 6.45) is 0.0720. The van der Waals surface area contributed by atoms with Crippen LogP contribution in [0.25, 0.3) is 0 Å². The zero-order valence-electron chi connectivity index (χ0n) is 24.7. The molecule has 4 rings (SSSR count). The zero-order chi connectivity index (χ0) is 32.6. The fraction of sp³-hybridized carbons (Fsp3) is 0.212. The van der Waals surface area contributed by atoms with E-state index in [-0.39, 0.29) is 40.8 Å². The third-order valence-corrected chi connectivity index (χ3v) is 8.75. The lowest BCUT2D eigenvalue weighted by Gasteiger charge is -2.34. The van der Waals surface area contributed by atoms with Crippen LogP contribution in [-0.2, 0) is 32.6 Å². The Balaban J connectivity index is 1.82. The van der Waals surface area contributed by atoms with Gasteiger partial charge in [0.2, 0.25) is 11.8 Å². The maximum atomic E-state index is 15.0. The van der Waals surface area contributed by atoms with Crippen molar-refractivity contribution in [1.82, 2.24) is 10.2 Å². The van der Waals surface area contributed by atoms with Gasteiger partial charge in [0, 0.05) is 36.7 Å². The topological polar surface area (TPSA) is 130 Å². The molecule has 45 heavy (non-hydrogen) atoms. The summed E-state index contributed by atoms with van der Waals surface area (Å²) in [5.41, 5.74) is 0.595. The molecule has 1 N–H and O–H groups in total. The van der Waals surface area contributed by atoms with Crippen LogP contribution in [0.3, 0.4) is 0 Å². The Morgan fingerprint density at radius 2 is 1.44 bits per heavy atom. The smallest absolute Gasteiger partial charge is 0.269 e. The van der Waals surface area contributed by atoms with Crippen LogP contribution in [0, 0.1) is 15.9 Å². The monoisotopic (exact) mass is 632 g/mol. The van der Waals surface area contributed by atoms with Gasteiger partial charge in [-0.15, -0.1) is 0 Å². The Kier molecular flexibility index (Phi) is 10.6. The highest BCUT2D eigenvalue weighted by atomic mass is 32.2. The quantitative estimate of drug-likeness (QED) is 0.161. The number of carbonyl (C=O) groups excluding carboxylic acids is 2. The number of carbonyl (C=O) groups is 2. The molecule has 10 nitrogen and oxygen atoms in total. The van der Waals surface area contributed by atoms with Gasteiger partial charge in [0.15, 0.2) is 0 Å². The van der Waals surface area contributed by atoms with E-state index in [0.29, 0.717) is 0 Å². The van der Waals surface area contributed by atoms with Crippen LogP contribution in [-0.4, -0.2) is 48.7 Å². The van der Waals surface area contributed by atoms with Crippen molar-refractivity contribution >= 4 is 33.2 Å². The first kappa shape index (κ1) is 32.8. The lowest BCUT2D eigenvalue weighted by Crippen LogP contribution is -2.54. The number of hydrogen-bond acceptors (Lipinski definition) is 6. The molecule has 0 aliphatic rings. The molecule has 0 unspecified atom stereocenters. The molecule has 0 saturated carbocycles. The number of non-ortho nitro benzene ring substituents is 1. The van der Waals surface area contributed by atoms with Crippen LogP contribution in [0.2, 0.25) is 0 Å². The summed E-state index contributed by atoms with van der Waals surface area (Å²) < 4.78 is 43.7. The van der Waals surface area contributed by atoms with Gasteiger partial charge in [-0.3, -0.25) is 24.0 Å². The number of rotatable bonds is 13. The van der Waals surface area contributed by atoms with Crippen LogP contribution in [0.15, 0.2) is 114 Å². The first-order valence-electron chi connectivity index (χ1n) is 14.2. The molecule has 234 valence electrons. The average molecular weight is 633 g/mol. The van der Waals surface area contributed by atoms with Crippen molar-refractivity contribution in [2.75, 3.05) is 10.8 Å². The molecule has 0 fully saturated rings. The van der Waals surface area contributed by atoms with Gasteiger partial charge in [-0.1, -0.05) is 66.7 Å². The van der Waals surface area contributed by atoms with E-state index in [1.807, 2.05) is 6.07 Å². The van der Waals surface area contributed by atoms with E-state index in [4.69, 9.17) is 0 Å². The summed E-state index contributed by atoms with van der Waals surface area (Å²) in [5, 5.41) is 14.1. The number of anilines is 1. The highest BCUT2D eigenvalue weighted by Gasteiger charge is 2.35. The van der Waals surface area contributed by atoms with Crippen molar-refractivity contribution in [3.8, 4) is 0 Å². The molecule has 0 saturated heterocycles. The fourth-order valence-corrected chi connectivity index (χ4v) is 6.17. The van der Waals surface area contributed by atoms with Crippen molar-refractivity contribution in [2.45, 2.75) is 43.8 Å². The summed E-state index contributed by atoms with van der Waals surface area (Å²) in [7, 11) is -4.38. The molecule has 0 bridgehead atoms. The molecular formula is C33H33FN4O6S. The van der Waals surface area contributed by atoms with Gasteiger partial charge in [-0.05, 0) is 49.7 Å². The van der Waals surface area contributed by atoms with Gasteiger partial charge < -0.3 is 10.2 Å². The van der Waals surface area contributed by atoms with E-state index in [2.05, 4.69) is 5.32 Å². The average Bonchev–Trinajstić information content (AvgIpc) is 3.02.